The molecule has 0 saturated heterocycles. The number of benzene rings is 1. The summed E-state index contributed by atoms with van der Waals surface area (Å²) in [5.74, 6) is 0.121. The van der Waals surface area contributed by atoms with Gasteiger partial charge >= 0.3 is 0 Å². The van der Waals surface area contributed by atoms with Gasteiger partial charge in [-0.3, -0.25) is 4.79 Å². The normalized spacial score (nSPS) is 21.7. The second-order valence-corrected chi connectivity index (χ2v) is 4.65. The number of hydrogen-bond acceptors (Lipinski definition) is 2. The molecule has 3 nitrogen and oxygen atoms in total. The number of rotatable bonds is 1. The Labute approximate surface area is 88.9 Å². The SMILES string of the molecule is CN1Cc2c(cccc2C2(N)CC2)C1=O. The lowest BCUT2D eigenvalue weighted by atomic mass is 9.96. The van der Waals surface area contributed by atoms with Gasteiger partial charge in [0, 0.05) is 24.7 Å². The van der Waals surface area contributed by atoms with E-state index in [0.717, 1.165) is 24.0 Å². The summed E-state index contributed by atoms with van der Waals surface area (Å²) < 4.78 is 0. The molecular weight excluding hydrogens is 188 g/mol. The van der Waals surface area contributed by atoms with Crippen LogP contribution in [0.25, 0.3) is 0 Å². The van der Waals surface area contributed by atoms with Crippen LogP contribution in [0.4, 0.5) is 0 Å². The van der Waals surface area contributed by atoms with E-state index in [2.05, 4.69) is 6.07 Å². The molecule has 0 unspecified atom stereocenters. The topological polar surface area (TPSA) is 46.3 Å². The van der Waals surface area contributed by atoms with Crippen LogP contribution in [0, 0.1) is 0 Å². The van der Waals surface area contributed by atoms with Crippen molar-refractivity contribution in [3.63, 3.8) is 0 Å². The summed E-state index contributed by atoms with van der Waals surface area (Å²) in [6.07, 6.45) is 2.09. The highest BCUT2D eigenvalue weighted by Gasteiger charge is 2.43. The molecule has 2 N–H and O–H groups in total. The molecule has 1 saturated carbocycles. The molecule has 0 spiro atoms. The third kappa shape index (κ3) is 1.13. The maximum absolute atomic E-state index is 11.8. The van der Waals surface area contributed by atoms with Crippen LogP contribution in [-0.2, 0) is 12.1 Å². The number of hydrogen-bond donors (Lipinski definition) is 1. The van der Waals surface area contributed by atoms with E-state index in [9.17, 15) is 4.79 Å². The highest BCUT2D eigenvalue weighted by Crippen LogP contribution is 2.45. The summed E-state index contributed by atoms with van der Waals surface area (Å²) in [6, 6.07) is 5.91. The average molecular weight is 202 g/mol. The zero-order valence-corrected chi connectivity index (χ0v) is 8.79. The van der Waals surface area contributed by atoms with E-state index >= 15 is 0 Å². The maximum atomic E-state index is 11.8. The molecule has 0 atom stereocenters. The van der Waals surface area contributed by atoms with Gasteiger partial charge in [-0.25, -0.2) is 0 Å². The minimum atomic E-state index is -0.142. The summed E-state index contributed by atoms with van der Waals surface area (Å²) in [7, 11) is 1.84. The largest absolute Gasteiger partial charge is 0.337 e. The van der Waals surface area contributed by atoms with Crippen LogP contribution in [0.1, 0.15) is 34.3 Å². The highest BCUT2D eigenvalue weighted by molar-refractivity contribution is 5.98. The van der Waals surface area contributed by atoms with Crippen molar-refractivity contribution in [3.8, 4) is 0 Å². The van der Waals surface area contributed by atoms with Crippen molar-refractivity contribution in [1.82, 2.24) is 4.90 Å². The predicted molar refractivity (Wildman–Crippen MR) is 57.3 cm³/mol. The average Bonchev–Trinajstić information content (AvgIpc) is 2.90. The molecule has 0 aromatic heterocycles. The van der Waals surface area contributed by atoms with E-state index in [0.29, 0.717) is 6.54 Å². The van der Waals surface area contributed by atoms with E-state index in [1.54, 1.807) is 4.90 Å². The molecule has 1 aromatic carbocycles. The number of amides is 1. The van der Waals surface area contributed by atoms with Gasteiger partial charge in [0.05, 0.1) is 0 Å². The number of nitrogens with zero attached hydrogens (tertiary/aromatic N) is 1. The number of fused-ring (bicyclic) bond motifs is 1. The van der Waals surface area contributed by atoms with Gasteiger partial charge in [-0.2, -0.15) is 0 Å². The Hall–Kier alpha value is -1.35. The molecule has 1 heterocycles. The van der Waals surface area contributed by atoms with E-state index in [4.69, 9.17) is 5.73 Å². The number of nitrogens with two attached hydrogens (primary N) is 1. The van der Waals surface area contributed by atoms with Crippen LogP contribution >= 0.6 is 0 Å². The smallest absolute Gasteiger partial charge is 0.254 e. The number of carbonyl (C=O) groups is 1. The lowest BCUT2D eigenvalue weighted by Gasteiger charge is -2.13. The van der Waals surface area contributed by atoms with Crippen LogP contribution in [0.2, 0.25) is 0 Å². The second-order valence-electron chi connectivity index (χ2n) is 4.65. The predicted octanol–water partition coefficient (Wildman–Crippen LogP) is 1.22. The fraction of sp³-hybridized carbons (Fsp3) is 0.417. The van der Waals surface area contributed by atoms with Gasteiger partial charge in [0.1, 0.15) is 0 Å². The molecule has 2 aliphatic rings. The molecule has 1 aliphatic heterocycles. The van der Waals surface area contributed by atoms with Gasteiger partial charge in [-0.15, -0.1) is 0 Å². The van der Waals surface area contributed by atoms with Crippen molar-refractivity contribution in [3.05, 3.63) is 34.9 Å². The van der Waals surface area contributed by atoms with Crippen molar-refractivity contribution in [1.29, 1.82) is 0 Å². The molecule has 0 bridgehead atoms. The third-order valence-corrected chi connectivity index (χ3v) is 3.47. The van der Waals surface area contributed by atoms with Crippen LogP contribution in [0.3, 0.4) is 0 Å². The van der Waals surface area contributed by atoms with Gasteiger partial charge in [0.25, 0.3) is 5.91 Å². The van der Waals surface area contributed by atoms with Gasteiger partial charge in [-0.1, -0.05) is 12.1 Å². The second kappa shape index (κ2) is 2.61. The first-order valence-electron chi connectivity index (χ1n) is 5.28. The van der Waals surface area contributed by atoms with E-state index < -0.39 is 0 Å². The standard InChI is InChI=1S/C12H14N2O/c1-14-7-9-8(11(14)15)3-2-4-10(9)12(13)5-6-12/h2-4H,5-7,13H2,1H3. The van der Waals surface area contributed by atoms with Crippen LogP contribution in [0.5, 0.6) is 0 Å². The molecule has 1 amide bonds. The van der Waals surface area contributed by atoms with Gasteiger partial charge in [0.2, 0.25) is 0 Å². The Bertz CT molecular complexity index is 449. The molecule has 0 radical (unpaired) electrons. The van der Waals surface area contributed by atoms with Gasteiger partial charge < -0.3 is 10.6 Å². The van der Waals surface area contributed by atoms with Crippen LogP contribution in [0.15, 0.2) is 18.2 Å². The van der Waals surface area contributed by atoms with Gasteiger partial charge in [-0.05, 0) is 30.0 Å². The fourth-order valence-electron chi connectivity index (χ4n) is 2.34. The molecule has 15 heavy (non-hydrogen) atoms. The zero-order valence-electron chi connectivity index (χ0n) is 8.79. The first-order chi connectivity index (χ1) is 7.12. The van der Waals surface area contributed by atoms with Crippen molar-refractivity contribution < 1.29 is 4.79 Å². The summed E-state index contributed by atoms with van der Waals surface area (Å²) in [6.45, 7) is 0.712. The lowest BCUT2D eigenvalue weighted by molar-refractivity contribution is 0.0816. The molecule has 3 heteroatoms. The maximum Gasteiger partial charge on any atom is 0.254 e. The minimum absolute atomic E-state index is 0.121. The van der Waals surface area contributed by atoms with Crippen LogP contribution < -0.4 is 5.73 Å². The van der Waals surface area contributed by atoms with E-state index in [1.807, 2.05) is 19.2 Å². The molecular formula is C12H14N2O. The summed E-state index contributed by atoms with van der Waals surface area (Å²) in [5, 5.41) is 0. The number of carbonyl (C=O) groups excluding carboxylic acids is 1. The fourth-order valence-corrected chi connectivity index (χ4v) is 2.34. The Morgan fingerprint density at radius 2 is 2.13 bits per heavy atom. The molecule has 1 aromatic rings. The third-order valence-electron chi connectivity index (χ3n) is 3.47. The molecule has 1 aliphatic carbocycles. The first-order valence-corrected chi connectivity index (χ1v) is 5.28. The molecule has 3 rings (SSSR count). The lowest BCUT2D eigenvalue weighted by Crippen LogP contribution is -2.21. The Kier molecular flexibility index (Phi) is 1.55. The quantitative estimate of drug-likeness (QED) is 0.744. The summed E-state index contributed by atoms with van der Waals surface area (Å²) in [4.78, 5) is 13.5. The van der Waals surface area contributed by atoms with E-state index in [-0.39, 0.29) is 11.4 Å². The van der Waals surface area contributed by atoms with Crippen molar-refractivity contribution in [2.75, 3.05) is 7.05 Å². The van der Waals surface area contributed by atoms with Crippen molar-refractivity contribution >= 4 is 5.91 Å². The minimum Gasteiger partial charge on any atom is -0.337 e. The Balaban J connectivity index is 2.17. The van der Waals surface area contributed by atoms with Crippen LogP contribution in [-0.4, -0.2) is 17.9 Å². The summed E-state index contributed by atoms with van der Waals surface area (Å²) in [5.41, 5.74) is 9.22. The first kappa shape index (κ1) is 8.92. The van der Waals surface area contributed by atoms with Crippen molar-refractivity contribution in [2.24, 2.45) is 5.73 Å². The zero-order chi connectivity index (χ0) is 10.6. The van der Waals surface area contributed by atoms with Gasteiger partial charge in [0.15, 0.2) is 0 Å². The monoisotopic (exact) mass is 202 g/mol. The molecule has 78 valence electrons. The van der Waals surface area contributed by atoms with Crippen molar-refractivity contribution in [2.45, 2.75) is 24.9 Å². The Morgan fingerprint density at radius 1 is 1.40 bits per heavy atom. The molecule has 1 fully saturated rings. The van der Waals surface area contributed by atoms with E-state index in [1.165, 1.54) is 5.56 Å². The Morgan fingerprint density at radius 3 is 2.80 bits per heavy atom. The summed E-state index contributed by atoms with van der Waals surface area (Å²) >= 11 is 0. The highest BCUT2D eigenvalue weighted by atomic mass is 16.2.